The van der Waals surface area contributed by atoms with E-state index in [1.54, 1.807) is 48.5 Å². The minimum atomic E-state index is -1.05. The molecule has 0 aromatic heterocycles. The number of alkyl carbamates (subject to hydrolysis) is 1. The number of nitrogens with one attached hydrogen (secondary N) is 2. The molecular weight excluding hydrogens is 424 g/mol. The minimum Gasteiger partial charge on any atom is -0.482 e. The Hall–Kier alpha value is -4.33. The van der Waals surface area contributed by atoms with Crippen molar-refractivity contribution in [1.29, 1.82) is 0 Å². The molecule has 0 bridgehead atoms. The lowest BCUT2D eigenvalue weighted by Crippen LogP contribution is -2.24. The van der Waals surface area contributed by atoms with Crippen LogP contribution >= 0.6 is 0 Å². The number of hydrogen-bond acceptors (Lipinski definition) is 5. The highest BCUT2D eigenvalue weighted by atomic mass is 16.5. The van der Waals surface area contributed by atoms with Crippen molar-refractivity contribution >= 4 is 18.0 Å². The molecule has 0 heterocycles. The number of carboxylic acid groups (broad SMARTS) is 1. The number of carboxylic acids is 1. The van der Waals surface area contributed by atoms with Crippen molar-refractivity contribution in [1.82, 2.24) is 10.6 Å². The third-order valence-electron chi connectivity index (χ3n) is 4.60. The molecule has 0 aliphatic heterocycles. The van der Waals surface area contributed by atoms with Gasteiger partial charge in [0.2, 0.25) is 0 Å². The normalized spacial score (nSPS) is 10.2. The lowest BCUT2D eigenvalue weighted by atomic mass is 10.1. The van der Waals surface area contributed by atoms with E-state index in [1.807, 2.05) is 30.3 Å². The fraction of sp³-hybridized carbons (Fsp3) is 0.160. The number of benzene rings is 3. The molecule has 0 unspecified atom stereocenters. The van der Waals surface area contributed by atoms with Gasteiger partial charge in [-0.3, -0.25) is 4.79 Å². The van der Waals surface area contributed by atoms with E-state index >= 15 is 0 Å². The van der Waals surface area contributed by atoms with Gasteiger partial charge in [0.25, 0.3) is 5.91 Å². The first kappa shape index (κ1) is 23.3. The first-order valence-electron chi connectivity index (χ1n) is 10.2. The lowest BCUT2D eigenvalue weighted by molar-refractivity contribution is -0.139. The van der Waals surface area contributed by atoms with E-state index in [0.29, 0.717) is 17.9 Å². The third-order valence-corrected chi connectivity index (χ3v) is 4.60. The number of ether oxygens (including phenoxy) is 2. The summed E-state index contributed by atoms with van der Waals surface area (Å²) in [5, 5.41) is 14.1. The molecule has 0 atom stereocenters. The molecule has 3 aromatic carbocycles. The van der Waals surface area contributed by atoms with Gasteiger partial charge in [-0.1, -0.05) is 54.6 Å². The van der Waals surface area contributed by atoms with E-state index in [-0.39, 0.29) is 19.1 Å². The average molecular weight is 448 g/mol. The summed E-state index contributed by atoms with van der Waals surface area (Å²) in [5.41, 5.74) is 3.08. The van der Waals surface area contributed by atoms with Gasteiger partial charge in [-0.15, -0.1) is 0 Å². The predicted molar refractivity (Wildman–Crippen MR) is 121 cm³/mol. The van der Waals surface area contributed by atoms with Crippen molar-refractivity contribution < 1.29 is 29.0 Å². The van der Waals surface area contributed by atoms with Crippen LogP contribution < -0.4 is 15.4 Å². The predicted octanol–water partition coefficient (Wildman–Crippen LogP) is 3.51. The van der Waals surface area contributed by atoms with Gasteiger partial charge in [-0.25, -0.2) is 9.59 Å². The summed E-state index contributed by atoms with van der Waals surface area (Å²) >= 11 is 0. The van der Waals surface area contributed by atoms with Crippen molar-refractivity contribution in [2.45, 2.75) is 19.7 Å². The summed E-state index contributed by atoms with van der Waals surface area (Å²) in [7, 11) is 0. The van der Waals surface area contributed by atoms with Crippen LogP contribution in [0.5, 0.6) is 5.75 Å². The second kappa shape index (κ2) is 11.9. The van der Waals surface area contributed by atoms with Crippen LogP contribution in [-0.2, 0) is 29.2 Å². The third kappa shape index (κ3) is 8.02. The molecule has 0 spiro atoms. The summed E-state index contributed by atoms with van der Waals surface area (Å²) in [6.45, 7) is 0.390. The Morgan fingerprint density at radius 3 is 1.97 bits per heavy atom. The molecular formula is C25H24N2O6. The Balaban J connectivity index is 1.40. The molecule has 0 aliphatic carbocycles. The Bertz CT molecular complexity index is 1070. The van der Waals surface area contributed by atoms with Crippen molar-refractivity contribution in [3.05, 3.63) is 101 Å². The number of carbonyl (C=O) groups is 3. The van der Waals surface area contributed by atoms with Gasteiger partial charge in [-0.05, 0) is 41.0 Å². The fourth-order valence-electron chi connectivity index (χ4n) is 2.86. The molecule has 0 saturated carbocycles. The van der Waals surface area contributed by atoms with Gasteiger partial charge in [0.15, 0.2) is 6.61 Å². The maximum absolute atomic E-state index is 12.4. The van der Waals surface area contributed by atoms with E-state index in [4.69, 9.17) is 14.6 Å². The maximum Gasteiger partial charge on any atom is 0.407 e. The Morgan fingerprint density at radius 1 is 0.727 bits per heavy atom. The van der Waals surface area contributed by atoms with Gasteiger partial charge in [0.1, 0.15) is 12.4 Å². The molecule has 0 radical (unpaired) electrons. The number of carbonyl (C=O) groups excluding carboxylic acids is 2. The van der Waals surface area contributed by atoms with Gasteiger partial charge in [0, 0.05) is 18.7 Å². The van der Waals surface area contributed by atoms with Gasteiger partial charge < -0.3 is 25.2 Å². The van der Waals surface area contributed by atoms with E-state index in [9.17, 15) is 14.4 Å². The molecule has 170 valence electrons. The molecule has 0 saturated heterocycles. The monoisotopic (exact) mass is 448 g/mol. The Kier molecular flexibility index (Phi) is 8.41. The van der Waals surface area contributed by atoms with E-state index in [2.05, 4.69) is 10.6 Å². The number of hydrogen-bond donors (Lipinski definition) is 3. The van der Waals surface area contributed by atoms with Gasteiger partial charge in [0.05, 0.1) is 0 Å². The van der Waals surface area contributed by atoms with Crippen LogP contribution in [0.15, 0.2) is 78.9 Å². The molecule has 2 amide bonds. The number of aliphatic carboxylic acids is 1. The summed E-state index contributed by atoms with van der Waals surface area (Å²) in [5.74, 6) is -0.834. The van der Waals surface area contributed by atoms with Crippen LogP contribution in [0.1, 0.15) is 27.0 Å². The zero-order valence-electron chi connectivity index (χ0n) is 17.8. The molecule has 3 aromatic rings. The van der Waals surface area contributed by atoms with Crippen LogP contribution in [0.3, 0.4) is 0 Å². The highest BCUT2D eigenvalue weighted by Gasteiger charge is 2.07. The standard InChI is InChI=1S/C25H24N2O6/c28-23(29)17-32-22-12-8-19(9-13-22)14-26-24(30)21-10-6-18(7-11-21)15-27-25(31)33-16-20-4-2-1-3-5-20/h1-13H,14-17H2,(H,26,30)(H,27,31)(H,28,29). The molecule has 33 heavy (non-hydrogen) atoms. The van der Waals surface area contributed by atoms with E-state index in [0.717, 1.165) is 16.7 Å². The van der Waals surface area contributed by atoms with Crippen LogP contribution in [0.25, 0.3) is 0 Å². The summed E-state index contributed by atoms with van der Waals surface area (Å²) in [6, 6.07) is 23.1. The number of rotatable bonds is 10. The topological polar surface area (TPSA) is 114 Å². The van der Waals surface area contributed by atoms with Crippen molar-refractivity contribution in [3.8, 4) is 5.75 Å². The zero-order chi connectivity index (χ0) is 23.5. The molecule has 3 N–H and O–H groups in total. The van der Waals surface area contributed by atoms with Crippen LogP contribution in [0.2, 0.25) is 0 Å². The van der Waals surface area contributed by atoms with Crippen LogP contribution in [-0.4, -0.2) is 29.7 Å². The first-order valence-corrected chi connectivity index (χ1v) is 10.2. The van der Waals surface area contributed by atoms with Gasteiger partial charge in [-0.2, -0.15) is 0 Å². The zero-order valence-corrected chi connectivity index (χ0v) is 17.8. The van der Waals surface area contributed by atoms with E-state index in [1.165, 1.54) is 0 Å². The highest BCUT2D eigenvalue weighted by Crippen LogP contribution is 2.12. The summed E-state index contributed by atoms with van der Waals surface area (Å²) in [4.78, 5) is 34.7. The Labute approximate surface area is 191 Å². The summed E-state index contributed by atoms with van der Waals surface area (Å²) in [6.07, 6.45) is -0.514. The smallest absolute Gasteiger partial charge is 0.407 e. The van der Waals surface area contributed by atoms with Crippen LogP contribution in [0.4, 0.5) is 4.79 Å². The largest absolute Gasteiger partial charge is 0.482 e. The Morgan fingerprint density at radius 2 is 1.33 bits per heavy atom. The second-order valence-electron chi connectivity index (χ2n) is 7.12. The number of amides is 2. The van der Waals surface area contributed by atoms with E-state index < -0.39 is 18.7 Å². The van der Waals surface area contributed by atoms with Crippen LogP contribution in [0, 0.1) is 0 Å². The first-order chi connectivity index (χ1) is 16.0. The molecule has 8 heteroatoms. The summed E-state index contributed by atoms with van der Waals surface area (Å²) < 4.78 is 10.2. The SMILES string of the molecule is O=C(O)COc1ccc(CNC(=O)c2ccc(CNC(=O)OCc3ccccc3)cc2)cc1. The van der Waals surface area contributed by atoms with Gasteiger partial charge >= 0.3 is 12.1 Å². The molecule has 0 fully saturated rings. The molecule has 3 rings (SSSR count). The molecule has 8 nitrogen and oxygen atoms in total. The average Bonchev–Trinajstić information content (AvgIpc) is 2.85. The lowest BCUT2D eigenvalue weighted by Gasteiger charge is -2.09. The van der Waals surface area contributed by atoms with Crippen molar-refractivity contribution in [2.75, 3.05) is 6.61 Å². The van der Waals surface area contributed by atoms with Crippen molar-refractivity contribution in [2.24, 2.45) is 0 Å². The molecule has 0 aliphatic rings. The highest BCUT2D eigenvalue weighted by molar-refractivity contribution is 5.94. The van der Waals surface area contributed by atoms with Crippen molar-refractivity contribution in [3.63, 3.8) is 0 Å². The quantitative estimate of drug-likeness (QED) is 0.437. The second-order valence-corrected chi connectivity index (χ2v) is 7.12. The fourth-order valence-corrected chi connectivity index (χ4v) is 2.86. The maximum atomic E-state index is 12.4. The minimum absolute atomic E-state index is 0.198.